The molecule has 0 saturated heterocycles. The fraction of sp³-hybridized carbons (Fsp3) is 0.182. The molecule has 28 heavy (non-hydrogen) atoms. The Balaban J connectivity index is 1.87. The van der Waals surface area contributed by atoms with Gasteiger partial charge >= 0.3 is 5.97 Å². The van der Waals surface area contributed by atoms with Crippen LogP contribution in [0, 0.1) is 13.8 Å². The second-order valence-electron chi connectivity index (χ2n) is 6.21. The minimum absolute atomic E-state index is 0.257. The molecule has 2 heterocycles. The monoisotopic (exact) mass is 395 g/mol. The average molecular weight is 395 g/mol. The Kier molecular flexibility index (Phi) is 6.11. The minimum Gasteiger partial charge on any atom is -0.462 e. The van der Waals surface area contributed by atoms with E-state index in [1.54, 1.807) is 19.1 Å². The minimum atomic E-state index is -0.458. The zero-order chi connectivity index (χ0) is 20.1. The highest BCUT2D eigenvalue weighted by molar-refractivity contribution is 7.15. The summed E-state index contributed by atoms with van der Waals surface area (Å²) in [5.74, 6) is 0.549. The van der Waals surface area contributed by atoms with E-state index >= 15 is 0 Å². The van der Waals surface area contributed by atoms with Crippen molar-refractivity contribution in [2.75, 3.05) is 11.9 Å². The number of aryl methyl sites for hydroxylation is 2. The van der Waals surface area contributed by atoms with Crippen LogP contribution in [-0.4, -0.2) is 18.5 Å². The molecule has 0 fully saturated rings. The fourth-order valence-electron chi connectivity index (χ4n) is 2.66. The third-order valence-corrected chi connectivity index (χ3v) is 4.93. The Labute approximate surface area is 167 Å². The molecule has 3 rings (SSSR count). The highest BCUT2D eigenvalue weighted by Gasteiger charge is 2.22. The Morgan fingerprint density at radius 1 is 1.14 bits per heavy atom. The van der Waals surface area contributed by atoms with Crippen LogP contribution in [0.25, 0.3) is 17.2 Å². The molecule has 1 aromatic carbocycles. The Morgan fingerprint density at radius 3 is 2.54 bits per heavy atom. The van der Waals surface area contributed by atoms with Gasteiger partial charge in [-0.2, -0.15) is 0 Å². The van der Waals surface area contributed by atoms with E-state index in [4.69, 9.17) is 9.15 Å². The van der Waals surface area contributed by atoms with Crippen LogP contribution in [-0.2, 0) is 9.53 Å². The topological polar surface area (TPSA) is 68.5 Å². The van der Waals surface area contributed by atoms with Gasteiger partial charge in [0.2, 0.25) is 5.91 Å². The predicted octanol–water partition coefficient (Wildman–Crippen LogP) is 5.45. The maximum atomic E-state index is 12.6. The molecule has 0 unspecified atom stereocenters. The highest BCUT2D eigenvalue weighted by atomic mass is 32.1. The van der Waals surface area contributed by atoms with Crippen LogP contribution < -0.4 is 5.32 Å². The second-order valence-corrected chi connectivity index (χ2v) is 7.09. The van der Waals surface area contributed by atoms with Crippen molar-refractivity contribution in [1.82, 2.24) is 0 Å². The molecule has 0 aliphatic carbocycles. The molecule has 0 aliphatic heterocycles. The van der Waals surface area contributed by atoms with Crippen molar-refractivity contribution < 1.29 is 18.7 Å². The molecule has 144 valence electrons. The molecule has 0 saturated carbocycles. The molecule has 0 atom stereocenters. The van der Waals surface area contributed by atoms with Crippen LogP contribution in [0.1, 0.15) is 34.4 Å². The van der Waals surface area contributed by atoms with Crippen LogP contribution in [0.5, 0.6) is 0 Å². The van der Waals surface area contributed by atoms with Crippen molar-refractivity contribution in [3.8, 4) is 11.1 Å². The van der Waals surface area contributed by atoms with Gasteiger partial charge in [-0.3, -0.25) is 4.79 Å². The molecule has 1 N–H and O–H groups in total. The molecule has 0 aliphatic rings. The van der Waals surface area contributed by atoms with Crippen LogP contribution in [0.4, 0.5) is 5.00 Å². The standard InChI is InChI=1S/C22H21NO4S/c1-4-26-22(25)20-18(16-8-5-14(2)6-9-16)13-28-21(20)23-19(24)12-11-17-10-7-15(3)27-17/h5-13H,4H2,1-3H3,(H,23,24). The summed E-state index contributed by atoms with van der Waals surface area (Å²) in [5.41, 5.74) is 3.13. The van der Waals surface area contributed by atoms with E-state index in [0.717, 1.165) is 22.5 Å². The van der Waals surface area contributed by atoms with E-state index in [2.05, 4.69) is 5.32 Å². The fourth-order valence-corrected chi connectivity index (χ4v) is 3.62. The van der Waals surface area contributed by atoms with E-state index in [1.807, 2.05) is 49.6 Å². The quantitative estimate of drug-likeness (QED) is 0.445. The zero-order valence-corrected chi connectivity index (χ0v) is 16.8. The van der Waals surface area contributed by atoms with Gasteiger partial charge in [0, 0.05) is 17.0 Å². The van der Waals surface area contributed by atoms with E-state index in [1.165, 1.54) is 17.4 Å². The molecule has 0 bridgehead atoms. The number of thiophene rings is 1. The smallest absolute Gasteiger partial charge is 0.341 e. The van der Waals surface area contributed by atoms with Gasteiger partial charge in [-0.25, -0.2) is 4.79 Å². The molecule has 0 radical (unpaired) electrons. The van der Waals surface area contributed by atoms with E-state index in [9.17, 15) is 9.59 Å². The number of rotatable bonds is 6. The maximum absolute atomic E-state index is 12.6. The highest BCUT2D eigenvalue weighted by Crippen LogP contribution is 2.36. The van der Waals surface area contributed by atoms with Gasteiger partial charge in [-0.15, -0.1) is 11.3 Å². The summed E-state index contributed by atoms with van der Waals surface area (Å²) in [4.78, 5) is 24.9. The van der Waals surface area contributed by atoms with E-state index in [0.29, 0.717) is 16.3 Å². The largest absolute Gasteiger partial charge is 0.462 e. The van der Waals surface area contributed by atoms with E-state index < -0.39 is 5.97 Å². The first kappa shape index (κ1) is 19.6. The molecular formula is C22H21NO4S. The van der Waals surface area contributed by atoms with Crippen molar-refractivity contribution in [3.63, 3.8) is 0 Å². The number of amides is 1. The normalized spacial score (nSPS) is 11.0. The molecule has 2 aromatic heterocycles. The first-order valence-electron chi connectivity index (χ1n) is 8.89. The third kappa shape index (κ3) is 4.58. The van der Waals surface area contributed by atoms with Crippen LogP contribution in [0.2, 0.25) is 0 Å². The molecular weight excluding hydrogens is 374 g/mol. The number of carbonyl (C=O) groups is 2. The van der Waals surface area contributed by atoms with Gasteiger partial charge < -0.3 is 14.5 Å². The lowest BCUT2D eigenvalue weighted by Gasteiger charge is -2.08. The van der Waals surface area contributed by atoms with Crippen LogP contribution >= 0.6 is 11.3 Å². The molecule has 6 heteroatoms. The van der Waals surface area contributed by atoms with Crippen LogP contribution in [0.3, 0.4) is 0 Å². The molecule has 1 amide bonds. The van der Waals surface area contributed by atoms with Crippen LogP contribution in [0.15, 0.2) is 52.3 Å². The number of ether oxygens (including phenoxy) is 1. The lowest BCUT2D eigenvalue weighted by Crippen LogP contribution is -2.12. The molecule has 3 aromatic rings. The molecule has 0 spiro atoms. The molecule has 5 nitrogen and oxygen atoms in total. The maximum Gasteiger partial charge on any atom is 0.341 e. The lowest BCUT2D eigenvalue weighted by molar-refractivity contribution is -0.111. The van der Waals surface area contributed by atoms with Crippen molar-refractivity contribution in [2.24, 2.45) is 0 Å². The number of esters is 1. The van der Waals surface area contributed by atoms with Crippen molar-refractivity contribution in [3.05, 3.63) is 70.5 Å². The van der Waals surface area contributed by atoms with Gasteiger partial charge in [0.05, 0.1) is 6.61 Å². The van der Waals surface area contributed by atoms with Gasteiger partial charge in [-0.05, 0) is 44.5 Å². The first-order valence-corrected chi connectivity index (χ1v) is 9.77. The summed E-state index contributed by atoms with van der Waals surface area (Å²) >= 11 is 1.29. The van der Waals surface area contributed by atoms with E-state index in [-0.39, 0.29) is 12.5 Å². The number of hydrogen-bond donors (Lipinski definition) is 1. The number of hydrogen-bond acceptors (Lipinski definition) is 5. The van der Waals surface area contributed by atoms with Gasteiger partial charge in [0.1, 0.15) is 22.1 Å². The summed E-state index contributed by atoms with van der Waals surface area (Å²) in [6, 6.07) is 11.5. The first-order chi connectivity index (χ1) is 13.5. The average Bonchev–Trinajstić information content (AvgIpc) is 3.27. The van der Waals surface area contributed by atoms with Crippen molar-refractivity contribution in [2.45, 2.75) is 20.8 Å². The Hall–Kier alpha value is -3.12. The number of anilines is 1. The SMILES string of the molecule is CCOC(=O)c1c(-c2ccc(C)cc2)csc1NC(=O)C=Cc1ccc(C)o1. The number of furan rings is 1. The van der Waals surface area contributed by atoms with Gasteiger partial charge in [0.15, 0.2) is 0 Å². The summed E-state index contributed by atoms with van der Waals surface area (Å²) in [5, 5.41) is 5.09. The third-order valence-electron chi connectivity index (χ3n) is 4.03. The summed E-state index contributed by atoms with van der Waals surface area (Å²) < 4.78 is 10.6. The summed E-state index contributed by atoms with van der Waals surface area (Å²) in [7, 11) is 0. The lowest BCUT2D eigenvalue weighted by atomic mass is 10.0. The van der Waals surface area contributed by atoms with Gasteiger partial charge in [0.25, 0.3) is 0 Å². The second kappa shape index (κ2) is 8.71. The summed E-state index contributed by atoms with van der Waals surface area (Å²) in [6.07, 6.45) is 2.96. The predicted molar refractivity (Wildman–Crippen MR) is 112 cm³/mol. The zero-order valence-electron chi connectivity index (χ0n) is 15.9. The Morgan fingerprint density at radius 2 is 1.89 bits per heavy atom. The number of benzene rings is 1. The Bertz CT molecular complexity index is 1010. The number of carbonyl (C=O) groups excluding carboxylic acids is 2. The number of nitrogens with one attached hydrogen (secondary N) is 1. The van der Waals surface area contributed by atoms with Gasteiger partial charge in [-0.1, -0.05) is 29.8 Å². The summed E-state index contributed by atoms with van der Waals surface area (Å²) in [6.45, 7) is 5.85. The van der Waals surface area contributed by atoms with Crippen molar-refractivity contribution >= 4 is 34.3 Å². The van der Waals surface area contributed by atoms with Crippen molar-refractivity contribution in [1.29, 1.82) is 0 Å².